The normalized spacial score (nSPS) is 12.2. The summed E-state index contributed by atoms with van der Waals surface area (Å²) >= 11 is 0. The third-order valence-electron chi connectivity index (χ3n) is 3.12. The maximum atomic E-state index is 5.86. The molecular weight excluding hydrogens is 254 g/mol. The van der Waals surface area contributed by atoms with Crippen LogP contribution >= 0.6 is 0 Å². The second kappa shape index (κ2) is 6.43. The molecule has 0 aliphatic carbocycles. The standard InChI is InChI=1S/C15H21N3O2/c1-4-18-9-12(8-17-18)10-20-14-6-5-13(11(2)16)7-15(14)19-3/h5-9,11H,4,10,16H2,1-3H3. The second-order valence-electron chi connectivity index (χ2n) is 4.69. The van der Waals surface area contributed by atoms with E-state index >= 15 is 0 Å². The highest BCUT2D eigenvalue weighted by Gasteiger charge is 2.09. The van der Waals surface area contributed by atoms with Gasteiger partial charge in [-0.25, -0.2) is 0 Å². The smallest absolute Gasteiger partial charge is 0.161 e. The number of aryl methyl sites for hydroxylation is 1. The number of nitrogens with two attached hydrogens (primary N) is 1. The summed E-state index contributed by atoms with van der Waals surface area (Å²) in [7, 11) is 1.63. The van der Waals surface area contributed by atoms with E-state index < -0.39 is 0 Å². The van der Waals surface area contributed by atoms with Crippen LogP contribution in [0.3, 0.4) is 0 Å². The summed E-state index contributed by atoms with van der Waals surface area (Å²) in [6.45, 7) is 5.31. The maximum absolute atomic E-state index is 5.86. The number of aromatic nitrogens is 2. The average molecular weight is 275 g/mol. The van der Waals surface area contributed by atoms with E-state index in [1.807, 2.05) is 49.1 Å². The van der Waals surface area contributed by atoms with E-state index in [0.717, 1.165) is 17.7 Å². The molecule has 0 amide bonds. The van der Waals surface area contributed by atoms with Gasteiger partial charge in [-0.2, -0.15) is 5.10 Å². The Balaban J connectivity index is 2.08. The zero-order chi connectivity index (χ0) is 14.5. The molecule has 108 valence electrons. The van der Waals surface area contributed by atoms with Crippen molar-refractivity contribution < 1.29 is 9.47 Å². The minimum atomic E-state index is -0.0271. The van der Waals surface area contributed by atoms with Crippen molar-refractivity contribution in [3.63, 3.8) is 0 Å². The van der Waals surface area contributed by atoms with Crippen LogP contribution < -0.4 is 15.2 Å². The lowest BCUT2D eigenvalue weighted by atomic mass is 10.1. The molecule has 1 heterocycles. The Hall–Kier alpha value is -2.01. The predicted molar refractivity (Wildman–Crippen MR) is 77.8 cm³/mol. The molecule has 1 atom stereocenters. The molecule has 1 aromatic carbocycles. The molecule has 1 unspecified atom stereocenters. The number of benzene rings is 1. The van der Waals surface area contributed by atoms with Crippen LogP contribution in [0, 0.1) is 0 Å². The molecule has 2 rings (SSSR count). The zero-order valence-corrected chi connectivity index (χ0v) is 12.2. The van der Waals surface area contributed by atoms with Gasteiger partial charge in [0.1, 0.15) is 6.61 Å². The molecule has 0 radical (unpaired) electrons. The third kappa shape index (κ3) is 3.30. The Kier molecular flexibility index (Phi) is 4.63. The van der Waals surface area contributed by atoms with Gasteiger partial charge in [-0.15, -0.1) is 0 Å². The lowest BCUT2D eigenvalue weighted by Crippen LogP contribution is -2.05. The number of nitrogens with zero attached hydrogens (tertiary/aromatic N) is 2. The molecule has 1 aromatic heterocycles. The molecule has 0 aliphatic rings. The summed E-state index contributed by atoms with van der Waals surface area (Å²) in [6, 6.07) is 5.73. The van der Waals surface area contributed by atoms with E-state index in [1.165, 1.54) is 0 Å². The van der Waals surface area contributed by atoms with Crippen LogP contribution in [0.4, 0.5) is 0 Å². The van der Waals surface area contributed by atoms with Crippen molar-refractivity contribution in [2.24, 2.45) is 5.73 Å². The second-order valence-corrected chi connectivity index (χ2v) is 4.69. The van der Waals surface area contributed by atoms with E-state index in [9.17, 15) is 0 Å². The van der Waals surface area contributed by atoms with Crippen molar-refractivity contribution in [3.05, 3.63) is 41.7 Å². The Morgan fingerprint density at radius 1 is 1.35 bits per heavy atom. The molecule has 2 N–H and O–H groups in total. The summed E-state index contributed by atoms with van der Waals surface area (Å²) in [6.07, 6.45) is 3.79. The van der Waals surface area contributed by atoms with Crippen LogP contribution in [0.15, 0.2) is 30.6 Å². The molecule has 0 aliphatic heterocycles. The summed E-state index contributed by atoms with van der Waals surface area (Å²) in [5.41, 5.74) is 7.92. The summed E-state index contributed by atoms with van der Waals surface area (Å²) < 4.78 is 13.0. The van der Waals surface area contributed by atoms with Crippen molar-refractivity contribution in [1.82, 2.24) is 9.78 Å². The SMILES string of the molecule is CCn1cc(COc2ccc(C(C)N)cc2OC)cn1. The van der Waals surface area contributed by atoms with Gasteiger partial charge in [0.2, 0.25) is 0 Å². The van der Waals surface area contributed by atoms with Crippen LogP contribution in [0.5, 0.6) is 11.5 Å². The van der Waals surface area contributed by atoms with E-state index in [2.05, 4.69) is 5.10 Å². The van der Waals surface area contributed by atoms with Gasteiger partial charge in [-0.05, 0) is 31.5 Å². The number of hydrogen-bond acceptors (Lipinski definition) is 4. The van der Waals surface area contributed by atoms with Gasteiger partial charge in [-0.1, -0.05) is 6.07 Å². The lowest BCUT2D eigenvalue weighted by Gasteiger charge is -2.13. The van der Waals surface area contributed by atoms with Crippen LogP contribution in [-0.2, 0) is 13.2 Å². The fourth-order valence-corrected chi connectivity index (χ4v) is 1.90. The predicted octanol–water partition coefficient (Wildman–Crippen LogP) is 2.51. The molecule has 20 heavy (non-hydrogen) atoms. The van der Waals surface area contributed by atoms with Gasteiger partial charge in [0, 0.05) is 24.3 Å². The van der Waals surface area contributed by atoms with E-state index in [1.54, 1.807) is 7.11 Å². The number of rotatable bonds is 6. The number of hydrogen-bond donors (Lipinski definition) is 1. The average Bonchev–Trinajstić information content (AvgIpc) is 2.92. The summed E-state index contributed by atoms with van der Waals surface area (Å²) in [4.78, 5) is 0. The Morgan fingerprint density at radius 2 is 2.15 bits per heavy atom. The van der Waals surface area contributed by atoms with Gasteiger partial charge in [0.25, 0.3) is 0 Å². The quantitative estimate of drug-likeness (QED) is 0.880. The summed E-state index contributed by atoms with van der Waals surface area (Å²) in [5.74, 6) is 1.41. The molecule has 5 nitrogen and oxygen atoms in total. The highest BCUT2D eigenvalue weighted by Crippen LogP contribution is 2.30. The maximum Gasteiger partial charge on any atom is 0.161 e. The molecule has 5 heteroatoms. The first kappa shape index (κ1) is 14.4. The van der Waals surface area contributed by atoms with Crippen LogP contribution in [0.25, 0.3) is 0 Å². The highest BCUT2D eigenvalue weighted by atomic mass is 16.5. The molecule has 0 bridgehead atoms. The minimum absolute atomic E-state index is 0.0271. The van der Waals surface area contributed by atoms with Gasteiger partial charge in [0.15, 0.2) is 11.5 Å². The largest absolute Gasteiger partial charge is 0.493 e. The van der Waals surface area contributed by atoms with Crippen molar-refractivity contribution in [3.8, 4) is 11.5 Å². The van der Waals surface area contributed by atoms with E-state index in [4.69, 9.17) is 15.2 Å². The van der Waals surface area contributed by atoms with E-state index in [0.29, 0.717) is 18.1 Å². The molecule has 0 saturated carbocycles. The third-order valence-corrected chi connectivity index (χ3v) is 3.12. The van der Waals surface area contributed by atoms with E-state index in [-0.39, 0.29) is 6.04 Å². The highest BCUT2D eigenvalue weighted by molar-refractivity contribution is 5.43. The van der Waals surface area contributed by atoms with Gasteiger partial charge in [-0.3, -0.25) is 4.68 Å². The first-order valence-electron chi connectivity index (χ1n) is 6.71. The Labute approximate surface area is 119 Å². The van der Waals surface area contributed by atoms with Gasteiger partial charge >= 0.3 is 0 Å². The molecule has 2 aromatic rings. The fraction of sp³-hybridized carbons (Fsp3) is 0.400. The van der Waals surface area contributed by atoms with Crippen molar-refractivity contribution in [2.45, 2.75) is 33.0 Å². The Morgan fingerprint density at radius 3 is 2.75 bits per heavy atom. The molecule has 0 spiro atoms. The van der Waals surface area contributed by atoms with Crippen LogP contribution in [-0.4, -0.2) is 16.9 Å². The van der Waals surface area contributed by atoms with Crippen molar-refractivity contribution in [1.29, 1.82) is 0 Å². The molecular formula is C15H21N3O2. The van der Waals surface area contributed by atoms with Gasteiger partial charge in [0.05, 0.1) is 13.3 Å². The number of methoxy groups -OCH3 is 1. The fourth-order valence-electron chi connectivity index (χ4n) is 1.90. The van der Waals surface area contributed by atoms with Gasteiger partial charge < -0.3 is 15.2 Å². The molecule has 0 fully saturated rings. The van der Waals surface area contributed by atoms with Crippen molar-refractivity contribution >= 4 is 0 Å². The molecule has 0 saturated heterocycles. The Bertz CT molecular complexity index is 564. The van der Waals surface area contributed by atoms with Crippen LogP contribution in [0.1, 0.15) is 31.0 Å². The first-order valence-corrected chi connectivity index (χ1v) is 6.71. The minimum Gasteiger partial charge on any atom is -0.493 e. The lowest BCUT2D eigenvalue weighted by molar-refractivity contribution is 0.284. The monoisotopic (exact) mass is 275 g/mol. The van der Waals surface area contributed by atoms with Crippen LogP contribution in [0.2, 0.25) is 0 Å². The van der Waals surface area contributed by atoms with Crippen molar-refractivity contribution in [2.75, 3.05) is 7.11 Å². The topological polar surface area (TPSA) is 62.3 Å². The number of ether oxygens (including phenoxy) is 2. The zero-order valence-electron chi connectivity index (χ0n) is 12.2. The first-order chi connectivity index (χ1) is 9.63. The summed E-state index contributed by atoms with van der Waals surface area (Å²) in [5, 5.41) is 4.22.